The van der Waals surface area contributed by atoms with E-state index in [1.165, 1.54) is 14.2 Å². The summed E-state index contributed by atoms with van der Waals surface area (Å²) < 4.78 is 12.1. The summed E-state index contributed by atoms with van der Waals surface area (Å²) in [5.41, 5.74) is 1.27. The van der Waals surface area contributed by atoms with E-state index in [4.69, 9.17) is 9.47 Å². The number of ether oxygens (including phenoxy) is 2. The highest BCUT2D eigenvalue weighted by Crippen LogP contribution is 2.27. The highest BCUT2D eigenvalue weighted by atomic mass is 16.5. The second kappa shape index (κ2) is 8.19. The Morgan fingerprint density at radius 3 is 2.42 bits per heavy atom. The minimum Gasteiger partial charge on any atom is -0.496 e. The first-order valence-corrected chi connectivity index (χ1v) is 7.73. The molecule has 0 bridgehead atoms. The third-order valence-electron chi connectivity index (χ3n) is 3.67. The molecule has 0 aliphatic heterocycles. The van der Waals surface area contributed by atoms with Gasteiger partial charge in [-0.15, -0.1) is 0 Å². The number of benzene rings is 1. The van der Waals surface area contributed by atoms with E-state index in [0.717, 1.165) is 5.56 Å². The van der Waals surface area contributed by atoms with Gasteiger partial charge in [-0.1, -0.05) is 6.07 Å². The summed E-state index contributed by atoms with van der Waals surface area (Å²) in [7, 11) is 3.02. The molecule has 128 valence electrons. The maximum absolute atomic E-state index is 12.4. The summed E-state index contributed by atoms with van der Waals surface area (Å²) in [5, 5.41) is 2.84. The van der Waals surface area contributed by atoms with Crippen LogP contribution in [0.15, 0.2) is 41.3 Å². The van der Waals surface area contributed by atoms with E-state index in [1.807, 2.05) is 13.0 Å². The number of nitrogens with zero attached hydrogens (tertiary/aromatic N) is 1. The van der Waals surface area contributed by atoms with Crippen LogP contribution < -0.4 is 20.3 Å². The van der Waals surface area contributed by atoms with Gasteiger partial charge in [-0.25, -0.2) is 0 Å². The van der Waals surface area contributed by atoms with Crippen LogP contribution in [-0.4, -0.2) is 31.2 Å². The van der Waals surface area contributed by atoms with Crippen LogP contribution in [0.5, 0.6) is 11.5 Å². The Morgan fingerprint density at radius 1 is 1.17 bits per heavy atom. The Labute approximate surface area is 141 Å². The van der Waals surface area contributed by atoms with E-state index >= 15 is 0 Å². The highest BCUT2D eigenvalue weighted by Gasteiger charge is 2.17. The molecule has 0 saturated heterocycles. The average molecular weight is 330 g/mol. The fourth-order valence-corrected chi connectivity index (χ4v) is 2.41. The molecule has 1 N–H and O–H groups in total. The van der Waals surface area contributed by atoms with Crippen molar-refractivity contribution in [3.63, 3.8) is 0 Å². The summed E-state index contributed by atoms with van der Waals surface area (Å²) >= 11 is 0. The average Bonchev–Trinajstić information content (AvgIpc) is 2.59. The van der Waals surface area contributed by atoms with Crippen molar-refractivity contribution in [2.24, 2.45) is 0 Å². The number of methoxy groups -OCH3 is 2. The van der Waals surface area contributed by atoms with Gasteiger partial charge in [0.15, 0.2) is 0 Å². The Hall–Kier alpha value is -2.76. The second-order valence-corrected chi connectivity index (χ2v) is 5.38. The van der Waals surface area contributed by atoms with Gasteiger partial charge in [-0.2, -0.15) is 0 Å². The summed E-state index contributed by atoms with van der Waals surface area (Å²) in [6.45, 7) is 2.87. The quantitative estimate of drug-likeness (QED) is 0.788. The van der Waals surface area contributed by atoms with Gasteiger partial charge in [0.1, 0.15) is 17.1 Å². The van der Waals surface area contributed by atoms with Crippen LogP contribution in [0.1, 0.15) is 22.3 Å². The zero-order valence-electron chi connectivity index (χ0n) is 14.2. The van der Waals surface area contributed by atoms with Crippen LogP contribution in [0, 0.1) is 6.92 Å². The Morgan fingerprint density at radius 2 is 1.83 bits per heavy atom. The van der Waals surface area contributed by atoms with Gasteiger partial charge in [-0.05, 0) is 37.1 Å². The van der Waals surface area contributed by atoms with E-state index in [9.17, 15) is 9.59 Å². The molecule has 6 heteroatoms. The van der Waals surface area contributed by atoms with Crippen molar-refractivity contribution in [2.75, 3.05) is 20.8 Å². The number of nitrogens with one attached hydrogen (secondary N) is 1. The van der Waals surface area contributed by atoms with E-state index in [-0.39, 0.29) is 11.5 Å². The molecule has 1 aromatic heterocycles. The summed E-state index contributed by atoms with van der Waals surface area (Å²) in [6, 6.07) is 8.67. The molecule has 0 unspecified atom stereocenters. The first kappa shape index (κ1) is 17.6. The number of carbonyl (C=O) groups is 1. The normalized spacial score (nSPS) is 10.3. The number of pyridine rings is 1. The first-order valence-electron chi connectivity index (χ1n) is 7.73. The molecule has 0 radical (unpaired) electrons. The van der Waals surface area contributed by atoms with Crippen molar-refractivity contribution in [1.82, 2.24) is 9.88 Å². The first-order chi connectivity index (χ1) is 11.6. The van der Waals surface area contributed by atoms with Gasteiger partial charge >= 0.3 is 0 Å². The molecular weight excluding hydrogens is 308 g/mol. The fraction of sp³-hybridized carbons (Fsp3) is 0.333. The van der Waals surface area contributed by atoms with Gasteiger partial charge in [-0.3, -0.25) is 9.59 Å². The standard InChI is InChI=1S/C18H22N2O4/c1-13-8-11-20(16(21)12-13)10-5-9-19-18(22)17-14(23-2)6-4-7-15(17)24-3/h4,6-8,11-12H,5,9-10H2,1-3H3,(H,19,22). The zero-order chi connectivity index (χ0) is 17.5. The van der Waals surface area contributed by atoms with Crippen LogP contribution in [0.3, 0.4) is 0 Å². The van der Waals surface area contributed by atoms with E-state index in [2.05, 4.69) is 5.32 Å². The number of aryl methyl sites for hydroxylation is 2. The second-order valence-electron chi connectivity index (χ2n) is 5.38. The van der Waals surface area contributed by atoms with Gasteiger partial charge in [0.25, 0.3) is 11.5 Å². The maximum Gasteiger partial charge on any atom is 0.258 e. The molecule has 1 amide bonds. The van der Waals surface area contributed by atoms with Gasteiger partial charge in [0.2, 0.25) is 0 Å². The summed E-state index contributed by atoms with van der Waals surface area (Å²) in [5.74, 6) is 0.656. The molecule has 6 nitrogen and oxygen atoms in total. The molecule has 0 atom stereocenters. The lowest BCUT2D eigenvalue weighted by Crippen LogP contribution is -2.27. The largest absolute Gasteiger partial charge is 0.496 e. The molecule has 0 fully saturated rings. The van der Waals surface area contributed by atoms with Crippen molar-refractivity contribution < 1.29 is 14.3 Å². The van der Waals surface area contributed by atoms with Crippen molar-refractivity contribution in [3.8, 4) is 11.5 Å². The highest BCUT2D eigenvalue weighted by molar-refractivity contribution is 5.99. The fourth-order valence-electron chi connectivity index (χ4n) is 2.41. The molecule has 24 heavy (non-hydrogen) atoms. The lowest BCUT2D eigenvalue weighted by atomic mass is 10.1. The van der Waals surface area contributed by atoms with Crippen LogP contribution in [0.4, 0.5) is 0 Å². The smallest absolute Gasteiger partial charge is 0.258 e. The van der Waals surface area contributed by atoms with E-state index in [0.29, 0.717) is 36.6 Å². The SMILES string of the molecule is COc1cccc(OC)c1C(=O)NCCCn1ccc(C)cc1=O. The summed E-state index contributed by atoms with van der Waals surface area (Å²) in [6.07, 6.45) is 2.41. The number of hydrogen-bond acceptors (Lipinski definition) is 4. The van der Waals surface area contributed by atoms with Gasteiger partial charge in [0.05, 0.1) is 14.2 Å². The molecule has 0 saturated carbocycles. The number of hydrogen-bond donors (Lipinski definition) is 1. The third-order valence-corrected chi connectivity index (χ3v) is 3.67. The van der Waals surface area contributed by atoms with Crippen molar-refractivity contribution in [2.45, 2.75) is 19.9 Å². The molecular formula is C18H22N2O4. The van der Waals surface area contributed by atoms with E-state index in [1.54, 1.807) is 35.0 Å². The van der Waals surface area contributed by atoms with Crippen LogP contribution in [-0.2, 0) is 6.54 Å². The zero-order valence-corrected chi connectivity index (χ0v) is 14.2. The molecule has 0 aliphatic carbocycles. The molecule has 2 aromatic rings. The predicted octanol–water partition coefficient (Wildman–Crippen LogP) is 1.99. The third kappa shape index (κ3) is 4.16. The van der Waals surface area contributed by atoms with Gasteiger partial charge in [0, 0.05) is 25.4 Å². The topological polar surface area (TPSA) is 69.6 Å². The van der Waals surface area contributed by atoms with Gasteiger partial charge < -0.3 is 19.4 Å². The van der Waals surface area contributed by atoms with Crippen LogP contribution >= 0.6 is 0 Å². The molecule has 0 spiro atoms. The predicted molar refractivity (Wildman–Crippen MR) is 91.9 cm³/mol. The van der Waals surface area contributed by atoms with Crippen LogP contribution in [0.2, 0.25) is 0 Å². The minimum atomic E-state index is -0.263. The molecule has 2 rings (SSSR count). The number of amides is 1. The molecule has 1 heterocycles. The Kier molecular flexibility index (Phi) is 6.01. The Balaban J connectivity index is 1.95. The van der Waals surface area contributed by atoms with Crippen LogP contribution in [0.25, 0.3) is 0 Å². The number of rotatable bonds is 7. The lowest BCUT2D eigenvalue weighted by molar-refractivity contribution is 0.0946. The van der Waals surface area contributed by atoms with Crippen molar-refractivity contribution in [1.29, 1.82) is 0 Å². The lowest BCUT2D eigenvalue weighted by Gasteiger charge is -2.13. The summed E-state index contributed by atoms with van der Waals surface area (Å²) in [4.78, 5) is 24.2. The van der Waals surface area contributed by atoms with Crippen molar-refractivity contribution in [3.05, 3.63) is 58.0 Å². The van der Waals surface area contributed by atoms with Crippen molar-refractivity contribution >= 4 is 5.91 Å². The number of carbonyl (C=O) groups excluding carboxylic acids is 1. The maximum atomic E-state index is 12.4. The Bertz CT molecular complexity index is 746. The molecule has 0 aliphatic rings. The molecule has 1 aromatic carbocycles. The van der Waals surface area contributed by atoms with E-state index < -0.39 is 0 Å². The number of aromatic nitrogens is 1. The monoisotopic (exact) mass is 330 g/mol. The minimum absolute atomic E-state index is 0.0345.